The summed E-state index contributed by atoms with van der Waals surface area (Å²) >= 11 is 0. The van der Waals surface area contributed by atoms with Gasteiger partial charge in [0.1, 0.15) is 29.7 Å². The van der Waals surface area contributed by atoms with Gasteiger partial charge in [-0.3, -0.25) is 14.4 Å². The van der Waals surface area contributed by atoms with Crippen LogP contribution in [0.2, 0.25) is 0 Å². The summed E-state index contributed by atoms with van der Waals surface area (Å²) in [7, 11) is 0. The zero-order chi connectivity index (χ0) is 29.6. The SMILES string of the molecule is C=CCN(Cn1nnc2ccccc21)C(=O)C1N([C@H](CO)c2ccccc2)C(=O)[C@@H]2[C@@H](C(=O)OCC)[C@@]3(C)CCC12O3. The second-order valence-electron chi connectivity index (χ2n) is 11.4. The molecule has 11 nitrogen and oxygen atoms in total. The van der Waals surface area contributed by atoms with Crippen molar-refractivity contribution in [2.24, 2.45) is 11.8 Å². The van der Waals surface area contributed by atoms with Crippen LogP contribution in [0.4, 0.5) is 0 Å². The van der Waals surface area contributed by atoms with E-state index in [0.29, 0.717) is 23.9 Å². The highest BCUT2D eigenvalue weighted by Crippen LogP contribution is 2.64. The van der Waals surface area contributed by atoms with E-state index in [1.54, 1.807) is 22.6 Å². The van der Waals surface area contributed by atoms with E-state index in [0.717, 1.165) is 5.52 Å². The maximum atomic E-state index is 14.8. The lowest BCUT2D eigenvalue weighted by atomic mass is 9.66. The van der Waals surface area contributed by atoms with Gasteiger partial charge in [0.2, 0.25) is 11.8 Å². The molecule has 3 aliphatic heterocycles. The van der Waals surface area contributed by atoms with Gasteiger partial charge < -0.3 is 24.4 Å². The lowest BCUT2D eigenvalue weighted by molar-refractivity contribution is -0.162. The number of aliphatic hydroxyl groups excluding tert-OH is 1. The van der Waals surface area contributed by atoms with Gasteiger partial charge >= 0.3 is 5.97 Å². The first-order valence-electron chi connectivity index (χ1n) is 14.3. The van der Waals surface area contributed by atoms with Gasteiger partial charge in [0.15, 0.2) is 0 Å². The number of amides is 2. The number of nitrogens with zero attached hydrogens (tertiary/aromatic N) is 5. The van der Waals surface area contributed by atoms with Gasteiger partial charge in [0, 0.05) is 6.54 Å². The molecule has 2 amide bonds. The third-order valence-corrected chi connectivity index (χ3v) is 9.07. The van der Waals surface area contributed by atoms with Gasteiger partial charge in [0.05, 0.1) is 36.3 Å². The third kappa shape index (κ3) is 4.13. The van der Waals surface area contributed by atoms with Crippen molar-refractivity contribution in [1.82, 2.24) is 24.8 Å². The average Bonchev–Trinajstić information content (AvgIpc) is 3.70. The molecule has 220 valence electrons. The number of aromatic nitrogens is 3. The molecule has 0 aliphatic carbocycles. The lowest BCUT2D eigenvalue weighted by Crippen LogP contribution is -2.57. The van der Waals surface area contributed by atoms with Crippen molar-refractivity contribution in [2.75, 3.05) is 19.8 Å². The van der Waals surface area contributed by atoms with E-state index in [4.69, 9.17) is 9.47 Å². The number of carbonyl (C=O) groups is 3. The van der Waals surface area contributed by atoms with E-state index in [1.807, 2.05) is 61.5 Å². The molecule has 0 radical (unpaired) electrons. The molecule has 2 unspecified atom stereocenters. The Labute approximate surface area is 243 Å². The number of hydrogen-bond acceptors (Lipinski definition) is 8. The molecular weight excluding hydrogens is 538 g/mol. The minimum Gasteiger partial charge on any atom is -0.466 e. The highest BCUT2D eigenvalue weighted by Gasteiger charge is 2.79. The number of rotatable bonds is 10. The average molecular weight is 574 g/mol. The zero-order valence-electron chi connectivity index (χ0n) is 23.8. The topological polar surface area (TPSA) is 127 Å². The predicted octanol–water partition coefficient (Wildman–Crippen LogP) is 2.46. The number of ether oxygens (including phenoxy) is 2. The first kappa shape index (κ1) is 28.0. The Morgan fingerprint density at radius 3 is 2.67 bits per heavy atom. The van der Waals surface area contributed by atoms with Crippen molar-refractivity contribution in [1.29, 1.82) is 0 Å². The number of para-hydroxylation sites is 1. The van der Waals surface area contributed by atoms with E-state index in [-0.39, 0.29) is 25.7 Å². The highest BCUT2D eigenvalue weighted by molar-refractivity contribution is 5.98. The maximum Gasteiger partial charge on any atom is 0.312 e. The Balaban J connectivity index is 1.46. The number of aliphatic hydroxyl groups is 1. The summed E-state index contributed by atoms with van der Waals surface area (Å²) < 4.78 is 13.8. The summed E-state index contributed by atoms with van der Waals surface area (Å²) in [5, 5.41) is 19.2. The number of esters is 1. The van der Waals surface area contributed by atoms with E-state index in [2.05, 4.69) is 16.9 Å². The van der Waals surface area contributed by atoms with Crippen molar-refractivity contribution in [3.63, 3.8) is 0 Å². The number of hydrogen-bond donors (Lipinski definition) is 1. The van der Waals surface area contributed by atoms with Crippen molar-refractivity contribution in [3.8, 4) is 0 Å². The molecule has 3 fully saturated rings. The van der Waals surface area contributed by atoms with Crippen LogP contribution in [0, 0.1) is 11.8 Å². The second-order valence-corrected chi connectivity index (χ2v) is 11.4. The fraction of sp³-hybridized carbons (Fsp3) is 0.452. The maximum absolute atomic E-state index is 14.8. The molecule has 2 bridgehead atoms. The number of carbonyl (C=O) groups excluding carboxylic acids is 3. The van der Waals surface area contributed by atoms with E-state index in [1.165, 1.54) is 4.90 Å². The molecule has 3 aromatic rings. The van der Waals surface area contributed by atoms with E-state index < -0.39 is 53.6 Å². The van der Waals surface area contributed by atoms with E-state index >= 15 is 0 Å². The Kier molecular flexibility index (Phi) is 7.10. The van der Waals surface area contributed by atoms with Gasteiger partial charge in [-0.05, 0) is 44.4 Å². The van der Waals surface area contributed by atoms with Gasteiger partial charge in [0.25, 0.3) is 0 Å². The van der Waals surface area contributed by atoms with Crippen molar-refractivity contribution < 1.29 is 29.0 Å². The molecule has 1 spiro atoms. The smallest absolute Gasteiger partial charge is 0.312 e. The van der Waals surface area contributed by atoms with Crippen LogP contribution < -0.4 is 0 Å². The van der Waals surface area contributed by atoms with Crippen LogP contribution in [0.3, 0.4) is 0 Å². The first-order valence-corrected chi connectivity index (χ1v) is 14.3. The predicted molar refractivity (Wildman–Crippen MR) is 151 cm³/mol. The van der Waals surface area contributed by atoms with Crippen LogP contribution in [-0.2, 0) is 30.5 Å². The molecule has 3 saturated heterocycles. The van der Waals surface area contributed by atoms with Crippen molar-refractivity contribution >= 4 is 28.8 Å². The molecule has 3 aliphatic rings. The Bertz CT molecular complexity index is 1530. The van der Waals surface area contributed by atoms with Crippen LogP contribution in [0.1, 0.15) is 38.3 Å². The zero-order valence-corrected chi connectivity index (χ0v) is 23.8. The van der Waals surface area contributed by atoms with Gasteiger partial charge in [-0.2, -0.15) is 0 Å². The summed E-state index contributed by atoms with van der Waals surface area (Å²) in [6, 6.07) is 14.6. The monoisotopic (exact) mass is 573 g/mol. The molecule has 0 saturated carbocycles. The van der Waals surface area contributed by atoms with Gasteiger partial charge in [-0.1, -0.05) is 53.8 Å². The number of fused-ring (bicyclic) bond motifs is 2. The molecular formula is C31H35N5O6. The number of benzene rings is 2. The largest absolute Gasteiger partial charge is 0.466 e. The molecule has 11 heteroatoms. The Morgan fingerprint density at radius 1 is 1.21 bits per heavy atom. The summed E-state index contributed by atoms with van der Waals surface area (Å²) in [4.78, 5) is 45.6. The molecule has 6 rings (SSSR count). The molecule has 4 heterocycles. The third-order valence-electron chi connectivity index (χ3n) is 9.07. The normalized spacial score (nSPS) is 28.6. The van der Waals surface area contributed by atoms with Crippen LogP contribution in [0.5, 0.6) is 0 Å². The summed E-state index contributed by atoms with van der Waals surface area (Å²) in [5.41, 5.74) is -0.114. The Morgan fingerprint density at radius 2 is 1.95 bits per heavy atom. The highest BCUT2D eigenvalue weighted by atomic mass is 16.6. The minimum atomic E-state index is -1.27. The second kappa shape index (κ2) is 10.6. The van der Waals surface area contributed by atoms with E-state index in [9.17, 15) is 19.5 Å². The first-order chi connectivity index (χ1) is 20.3. The molecule has 1 N–H and O–H groups in total. The van der Waals surface area contributed by atoms with Crippen LogP contribution in [0.25, 0.3) is 11.0 Å². The van der Waals surface area contributed by atoms with Crippen molar-refractivity contribution in [2.45, 2.75) is 56.6 Å². The molecule has 2 aromatic carbocycles. The fourth-order valence-corrected chi connectivity index (χ4v) is 7.33. The Hall–Kier alpha value is -4.09. The van der Waals surface area contributed by atoms with Crippen molar-refractivity contribution in [3.05, 3.63) is 72.8 Å². The fourth-order valence-electron chi connectivity index (χ4n) is 7.33. The quantitative estimate of drug-likeness (QED) is 0.290. The van der Waals surface area contributed by atoms with Gasteiger partial charge in [-0.25, -0.2) is 4.68 Å². The lowest BCUT2D eigenvalue weighted by Gasteiger charge is -2.39. The standard InChI is InChI=1S/C31H35N5O6/c1-4-17-34(19-35-22-14-10-9-13-21(22)32-33-35)28(39)26-31-16-15-30(3,42-31)25(29(40)41-5-2)24(31)27(38)36(26)23(18-37)20-11-7-6-8-12-20/h4,6-14,23-26,37H,1,5,15-19H2,2-3H3/t23-,24+,25+,26?,30-,31?/m1/s1. The molecule has 42 heavy (non-hydrogen) atoms. The summed E-state index contributed by atoms with van der Waals surface area (Å²) in [6.45, 7) is 7.37. The summed E-state index contributed by atoms with van der Waals surface area (Å²) in [5.74, 6) is -3.10. The van der Waals surface area contributed by atoms with Crippen LogP contribution in [-0.4, -0.2) is 84.7 Å². The molecule has 1 aromatic heterocycles. The molecule has 6 atom stereocenters. The number of likely N-dealkylation sites (tertiary alicyclic amines) is 1. The summed E-state index contributed by atoms with van der Waals surface area (Å²) in [6.07, 6.45) is 2.51. The minimum absolute atomic E-state index is 0.0539. The van der Waals surface area contributed by atoms with Crippen LogP contribution >= 0.6 is 0 Å². The van der Waals surface area contributed by atoms with Crippen LogP contribution in [0.15, 0.2) is 67.3 Å². The van der Waals surface area contributed by atoms with Gasteiger partial charge in [-0.15, -0.1) is 11.7 Å².